The highest BCUT2D eigenvalue weighted by molar-refractivity contribution is 7.89. The van der Waals surface area contributed by atoms with E-state index in [1.807, 2.05) is 19.2 Å². The van der Waals surface area contributed by atoms with Crippen LogP contribution in [-0.2, 0) is 10.0 Å². The Hall–Kier alpha value is -1.11. The summed E-state index contributed by atoms with van der Waals surface area (Å²) in [5.74, 6) is 0. The highest BCUT2D eigenvalue weighted by Gasteiger charge is 2.23. The monoisotopic (exact) mass is 311 g/mol. The predicted molar refractivity (Wildman–Crippen MR) is 86.0 cm³/mol. The van der Waals surface area contributed by atoms with E-state index in [4.69, 9.17) is 0 Å². The molecule has 1 fully saturated rings. The van der Waals surface area contributed by atoms with Gasteiger partial charge in [0.1, 0.15) is 4.90 Å². The first-order valence-electron chi connectivity index (χ1n) is 7.59. The molecule has 3 N–H and O–H groups in total. The van der Waals surface area contributed by atoms with E-state index in [9.17, 15) is 8.42 Å². The Kier molecular flexibility index (Phi) is 5.61. The van der Waals surface area contributed by atoms with Crippen molar-refractivity contribution in [3.63, 3.8) is 0 Å². The van der Waals surface area contributed by atoms with Crippen molar-refractivity contribution in [3.8, 4) is 0 Å². The predicted octanol–water partition coefficient (Wildman–Crippen LogP) is 1.93. The SMILES string of the molecule is CCNS(=O)(=O)c1ccccc1NC1CCC(NC)CC1. The van der Waals surface area contributed by atoms with Gasteiger partial charge in [-0.15, -0.1) is 0 Å². The summed E-state index contributed by atoms with van der Waals surface area (Å²) in [5.41, 5.74) is 0.700. The molecule has 1 aromatic rings. The van der Waals surface area contributed by atoms with Gasteiger partial charge in [0.25, 0.3) is 0 Å². The largest absolute Gasteiger partial charge is 0.381 e. The molecule has 0 heterocycles. The molecule has 0 unspecified atom stereocenters. The topological polar surface area (TPSA) is 70.2 Å². The molecule has 0 bridgehead atoms. The number of hydrogen-bond donors (Lipinski definition) is 3. The van der Waals surface area contributed by atoms with Crippen LogP contribution in [0.5, 0.6) is 0 Å². The fraction of sp³-hybridized carbons (Fsp3) is 0.600. The first-order valence-corrected chi connectivity index (χ1v) is 9.07. The van der Waals surface area contributed by atoms with Crippen molar-refractivity contribution in [2.45, 2.75) is 49.6 Å². The Morgan fingerprint density at radius 1 is 1.10 bits per heavy atom. The molecule has 118 valence electrons. The summed E-state index contributed by atoms with van der Waals surface area (Å²) in [4.78, 5) is 0.336. The minimum atomic E-state index is -3.43. The van der Waals surface area contributed by atoms with Crippen LogP contribution in [-0.4, -0.2) is 34.1 Å². The summed E-state index contributed by atoms with van der Waals surface area (Å²) in [6, 6.07) is 8.05. The van der Waals surface area contributed by atoms with Gasteiger partial charge in [0.2, 0.25) is 10.0 Å². The van der Waals surface area contributed by atoms with Gasteiger partial charge in [0.05, 0.1) is 5.69 Å². The van der Waals surface area contributed by atoms with Crippen molar-refractivity contribution in [2.75, 3.05) is 18.9 Å². The summed E-state index contributed by atoms with van der Waals surface area (Å²) < 4.78 is 27.0. The molecule has 0 spiro atoms. The highest BCUT2D eigenvalue weighted by atomic mass is 32.2. The second-order valence-corrected chi connectivity index (χ2v) is 7.21. The molecule has 0 aliphatic heterocycles. The summed E-state index contributed by atoms with van der Waals surface area (Å²) in [7, 11) is -1.44. The van der Waals surface area contributed by atoms with E-state index in [0.717, 1.165) is 25.7 Å². The van der Waals surface area contributed by atoms with Crippen LogP contribution >= 0.6 is 0 Å². The summed E-state index contributed by atoms with van der Waals surface area (Å²) in [6.45, 7) is 2.18. The number of benzene rings is 1. The smallest absolute Gasteiger partial charge is 0.242 e. The fourth-order valence-corrected chi connectivity index (χ4v) is 4.04. The van der Waals surface area contributed by atoms with Crippen molar-refractivity contribution in [1.82, 2.24) is 10.0 Å². The van der Waals surface area contributed by atoms with E-state index in [-0.39, 0.29) is 0 Å². The van der Waals surface area contributed by atoms with Gasteiger partial charge in [0, 0.05) is 18.6 Å². The van der Waals surface area contributed by atoms with Crippen LogP contribution in [0.1, 0.15) is 32.6 Å². The van der Waals surface area contributed by atoms with Gasteiger partial charge in [-0.2, -0.15) is 0 Å². The van der Waals surface area contributed by atoms with E-state index in [2.05, 4.69) is 15.4 Å². The molecule has 0 saturated heterocycles. The number of rotatable bonds is 6. The molecule has 21 heavy (non-hydrogen) atoms. The second kappa shape index (κ2) is 7.24. The Balaban J connectivity index is 2.11. The third-order valence-corrected chi connectivity index (χ3v) is 5.61. The van der Waals surface area contributed by atoms with Crippen LogP contribution in [0.3, 0.4) is 0 Å². The average molecular weight is 311 g/mol. The standard InChI is InChI=1S/C15H25N3O2S/c1-3-17-21(19,20)15-7-5-4-6-14(15)18-13-10-8-12(16-2)9-11-13/h4-7,12-13,16-18H,3,8-11H2,1-2H3. The lowest BCUT2D eigenvalue weighted by molar-refractivity contribution is 0.371. The van der Waals surface area contributed by atoms with Crippen molar-refractivity contribution in [1.29, 1.82) is 0 Å². The summed E-state index contributed by atoms with van der Waals surface area (Å²) in [6.07, 6.45) is 4.36. The number of para-hydroxylation sites is 1. The lowest BCUT2D eigenvalue weighted by Crippen LogP contribution is -2.35. The zero-order chi connectivity index (χ0) is 15.3. The molecule has 2 rings (SSSR count). The van der Waals surface area contributed by atoms with Gasteiger partial charge >= 0.3 is 0 Å². The maximum atomic E-state index is 12.2. The molecular weight excluding hydrogens is 286 g/mol. The zero-order valence-corrected chi connectivity index (χ0v) is 13.5. The van der Waals surface area contributed by atoms with Crippen molar-refractivity contribution >= 4 is 15.7 Å². The number of anilines is 1. The van der Waals surface area contributed by atoms with Gasteiger partial charge in [-0.05, 0) is 44.9 Å². The van der Waals surface area contributed by atoms with Crippen LogP contribution in [0.25, 0.3) is 0 Å². The van der Waals surface area contributed by atoms with Gasteiger partial charge in [0.15, 0.2) is 0 Å². The van der Waals surface area contributed by atoms with Crippen LogP contribution in [0, 0.1) is 0 Å². The molecule has 6 heteroatoms. The fourth-order valence-electron chi connectivity index (χ4n) is 2.83. The van der Waals surface area contributed by atoms with Crippen LogP contribution in [0.4, 0.5) is 5.69 Å². The first kappa shape index (κ1) is 16.3. The zero-order valence-electron chi connectivity index (χ0n) is 12.7. The number of nitrogens with one attached hydrogen (secondary N) is 3. The van der Waals surface area contributed by atoms with Crippen molar-refractivity contribution in [3.05, 3.63) is 24.3 Å². The van der Waals surface area contributed by atoms with E-state index < -0.39 is 10.0 Å². The van der Waals surface area contributed by atoms with Gasteiger partial charge in [-0.3, -0.25) is 0 Å². The molecule has 0 radical (unpaired) electrons. The minimum absolute atomic E-state index is 0.336. The molecule has 1 aromatic carbocycles. The van der Waals surface area contributed by atoms with Crippen LogP contribution < -0.4 is 15.4 Å². The Labute approximate surface area is 127 Å². The van der Waals surface area contributed by atoms with E-state index in [0.29, 0.717) is 29.2 Å². The molecular formula is C15H25N3O2S. The maximum absolute atomic E-state index is 12.2. The molecule has 0 atom stereocenters. The van der Waals surface area contributed by atoms with Crippen LogP contribution in [0.2, 0.25) is 0 Å². The second-order valence-electron chi connectivity index (χ2n) is 5.48. The third kappa shape index (κ3) is 4.18. The summed E-state index contributed by atoms with van der Waals surface area (Å²) in [5, 5.41) is 6.72. The van der Waals surface area contributed by atoms with Crippen molar-refractivity contribution < 1.29 is 8.42 Å². The molecule has 5 nitrogen and oxygen atoms in total. The Morgan fingerprint density at radius 3 is 2.33 bits per heavy atom. The average Bonchev–Trinajstić information content (AvgIpc) is 2.48. The molecule has 0 aromatic heterocycles. The number of hydrogen-bond acceptors (Lipinski definition) is 4. The molecule has 0 amide bonds. The Bertz CT molecular complexity index is 552. The maximum Gasteiger partial charge on any atom is 0.242 e. The quantitative estimate of drug-likeness (QED) is 0.751. The highest BCUT2D eigenvalue weighted by Crippen LogP contribution is 2.26. The van der Waals surface area contributed by atoms with E-state index in [1.54, 1.807) is 19.1 Å². The molecule has 1 saturated carbocycles. The lowest BCUT2D eigenvalue weighted by atomic mass is 9.91. The van der Waals surface area contributed by atoms with Crippen molar-refractivity contribution in [2.24, 2.45) is 0 Å². The number of sulfonamides is 1. The van der Waals surface area contributed by atoms with Gasteiger partial charge in [-0.1, -0.05) is 19.1 Å². The summed E-state index contributed by atoms with van der Waals surface area (Å²) >= 11 is 0. The van der Waals surface area contributed by atoms with Gasteiger partial charge in [-0.25, -0.2) is 13.1 Å². The lowest BCUT2D eigenvalue weighted by Gasteiger charge is -2.30. The van der Waals surface area contributed by atoms with E-state index >= 15 is 0 Å². The Morgan fingerprint density at radius 2 is 1.71 bits per heavy atom. The minimum Gasteiger partial charge on any atom is -0.381 e. The third-order valence-electron chi connectivity index (χ3n) is 4.01. The molecule has 1 aliphatic carbocycles. The van der Waals surface area contributed by atoms with Crippen LogP contribution in [0.15, 0.2) is 29.2 Å². The molecule has 1 aliphatic rings. The normalized spacial score (nSPS) is 23.0. The first-order chi connectivity index (χ1) is 10.1. The van der Waals surface area contributed by atoms with Gasteiger partial charge < -0.3 is 10.6 Å². The van der Waals surface area contributed by atoms with E-state index in [1.165, 1.54) is 0 Å².